The molecule has 0 aliphatic heterocycles. The third-order valence-electron chi connectivity index (χ3n) is 3.53. The molecule has 0 aliphatic rings. The van der Waals surface area contributed by atoms with E-state index in [2.05, 4.69) is 5.32 Å². The molecule has 0 heterocycles. The highest BCUT2D eigenvalue weighted by molar-refractivity contribution is 5.83. The van der Waals surface area contributed by atoms with Gasteiger partial charge in [-0.25, -0.2) is 9.59 Å². The van der Waals surface area contributed by atoms with Crippen molar-refractivity contribution in [2.75, 3.05) is 33.5 Å². The van der Waals surface area contributed by atoms with Crippen molar-refractivity contribution in [1.29, 1.82) is 0 Å². The maximum absolute atomic E-state index is 9.77. The fourth-order valence-corrected chi connectivity index (χ4v) is 1.87. The Labute approximate surface area is 188 Å². The van der Waals surface area contributed by atoms with Crippen LogP contribution in [0.2, 0.25) is 0 Å². The summed E-state index contributed by atoms with van der Waals surface area (Å²) in [5, 5.41) is 53.0. The lowest BCUT2D eigenvalue weighted by Gasteiger charge is -2.15. The number of aliphatic hydroxyl groups excluding tert-OH is 4. The number of hydrogen-bond acceptors (Lipinski definition) is 9. The van der Waals surface area contributed by atoms with Crippen LogP contribution in [-0.2, 0) is 20.7 Å². The van der Waals surface area contributed by atoms with Crippen molar-refractivity contribution in [2.45, 2.75) is 51.5 Å². The smallest absolute Gasteiger partial charge is 0.335 e. The van der Waals surface area contributed by atoms with Gasteiger partial charge in [-0.05, 0) is 31.0 Å². The van der Waals surface area contributed by atoms with Gasteiger partial charge < -0.3 is 45.4 Å². The van der Waals surface area contributed by atoms with Crippen molar-refractivity contribution >= 4 is 11.9 Å². The van der Waals surface area contributed by atoms with E-state index in [9.17, 15) is 14.7 Å². The molecule has 0 amide bonds. The van der Waals surface area contributed by atoms with Crippen molar-refractivity contribution in [3.05, 3.63) is 29.8 Å². The van der Waals surface area contributed by atoms with Crippen molar-refractivity contribution < 1.29 is 49.7 Å². The number of carboxylic acid groups (broad SMARTS) is 2. The van der Waals surface area contributed by atoms with Gasteiger partial charge in [-0.15, -0.1) is 0 Å². The van der Waals surface area contributed by atoms with Crippen LogP contribution < -0.4 is 10.1 Å². The van der Waals surface area contributed by atoms with Gasteiger partial charge in [0.2, 0.25) is 0 Å². The van der Waals surface area contributed by atoms with Gasteiger partial charge in [-0.1, -0.05) is 26.0 Å². The first-order valence-corrected chi connectivity index (χ1v) is 10.0. The third-order valence-corrected chi connectivity index (χ3v) is 3.53. The lowest BCUT2D eigenvalue weighted by Crippen LogP contribution is -2.39. The molecule has 3 unspecified atom stereocenters. The van der Waals surface area contributed by atoms with Crippen LogP contribution in [0.5, 0.6) is 5.75 Å². The molecule has 32 heavy (non-hydrogen) atoms. The number of carboxylic acids is 2. The molecular formula is C21H37NO10. The Hall–Kier alpha value is -2.28. The number of benzene rings is 1. The molecule has 1 rings (SSSR count). The van der Waals surface area contributed by atoms with Gasteiger partial charge in [0.1, 0.15) is 18.5 Å². The number of nitrogens with one attached hydrogen (secondary N) is 1. The van der Waals surface area contributed by atoms with E-state index < -0.39 is 30.3 Å². The van der Waals surface area contributed by atoms with Gasteiger partial charge in [0.25, 0.3) is 0 Å². The van der Waals surface area contributed by atoms with Gasteiger partial charge in [0.15, 0.2) is 12.2 Å². The SMILES string of the molecule is CCO.COCCc1ccc(OCC(O)CNC(C)C)cc1.O=C(O)C(O)C(O)C(=O)O. The molecule has 7 N–H and O–H groups in total. The maximum Gasteiger partial charge on any atom is 0.335 e. The summed E-state index contributed by atoms with van der Waals surface area (Å²) in [6.07, 6.45) is -4.12. The second-order valence-electron chi connectivity index (χ2n) is 6.80. The minimum atomic E-state index is -2.27. The number of carbonyl (C=O) groups is 2. The van der Waals surface area contributed by atoms with E-state index in [1.165, 1.54) is 5.56 Å². The molecule has 11 heteroatoms. The van der Waals surface area contributed by atoms with E-state index in [0.717, 1.165) is 18.8 Å². The third kappa shape index (κ3) is 17.4. The van der Waals surface area contributed by atoms with Gasteiger partial charge in [-0.3, -0.25) is 0 Å². The Morgan fingerprint density at radius 3 is 1.84 bits per heavy atom. The number of ether oxygens (including phenoxy) is 2. The van der Waals surface area contributed by atoms with Crippen molar-refractivity contribution in [1.82, 2.24) is 5.32 Å². The molecule has 186 valence electrons. The molecule has 0 bridgehead atoms. The lowest BCUT2D eigenvalue weighted by molar-refractivity contribution is -0.165. The summed E-state index contributed by atoms with van der Waals surface area (Å²) >= 11 is 0. The first kappa shape index (κ1) is 31.9. The quantitative estimate of drug-likeness (QED) is 0.212. The summed E-state index contributed by atoms with van der Waals surface area (Å²) in [5.41, 5.74) is 1.22. The fourth-order valence-electron chi connectivity index (χ4n) is 1.87. The van der Waals surface area contributed by atoms with Crippen molar-refractivity contribution in [2.24, 2.45) is 0 Å². The average molecular weight is 464 g/mol. The molecule has 0 spiro atoms. The topological polar surface area (TPSA) is 186 Å². The van der Waals surface area contributed by atoms with Gasteiger partial charge in [0.05, 0.1) is 6.61 Å². The Morgan fingerprint density at radius 1 is 1.00 bits per heavy atom. The van der Waals surface area contributed by atoms with Gasteiger partial charge >= 0.3 is 11.9 Å². The Balaban J connectivity index is 0. The highest BCUT2D eigenvalue weighted by Crippen LogP contribution is 2.12. The van der Waals surface area contributed by atoms with Crippen LogP contribution in [0.3, 0.4) is 0 Å². The van der Waals surface area contributed by atoms with Crippen LogP contribution >= 0.6 is 0 Å². The minimum Gasteiger partial charge on any atom is -0.491 e. The van der Waals surface area contributed by atoms with Crippen LogP contribution in [0.4, 0.5) is 0 Å². The van der Waals surface area contributed by atoms with E-state index >= 15 is 0 Å². The second-order valence-corrected chi connectivity index (χ2v) is 6.80. The summed E-state index contributed by atoms with van der Waals surface area (Å²) in [4.78, 5) is 19.5. The molecule has 0 radical (unpaired) electrons. The molecule has 0 fully saturated rings. The molecule has 0 saturated carbocycles. The van der Waals surface area contributed by atoms with E-state index in [0.29, 0.717) is 19.2 Å². The second kappa shape index (κ2) is 19.4. The molecule has 11 nitrogen and oxygen atoms in total. The number of hydrogen-bond donors (Lipinski definition) is 7. The monoisotopic (exact) mass is 463 g/mol. The van der Waals surface area contributed by atoms with Crippen LogP contribution in [0.25, 0.3) is 0 Å². The summed E-state index contributed by atoms with van der Waals surface area (Å²) in [5.74, 6) is -2.76. The Bertz CT molecular complexity index is 591. The number of aliphatic hydroxyl groups is 4. The van der Waals surface area contributed by atoms with Crippen molar-refractivity contribution in [3.8, 4) is 5.75 Å². The molecular weight excluding hydrogens is 426 g/mol. The summed E-state index contributed by atoms with van der Waals surface area (Å²) < 4.78 is 10.6. The molecule has 1 aromatic carbocycles. The summed E-state index contributed by atoms with van der Waals surface area (Å²) in [6.45, 7) is 7.60. The highest BCUT2D eigenvalue weighted by atomic mass is 16.5. The standard InChI is InChI=1S/C15H25NO3.C4H6O6.C2H6O/c1-12(2)16-10-14(17)11-19-15-6-4-13(5-7-15)8-9-18-3;5-1(3(7)8)2(6)4(9)10;1-2-3/h4-7,12,14,16-17H,8-11H2,1-3H3;1-2,5-6H,(H,7,8)(H,9,10);3H,2H2,1H3. The zero-order valence-electron chi connectivity index (χ0n) is 19.0. The van der Waals surface area contributed by atoms with Crippen LogP contribution in [0, 0.1) is 0 Å². The van der Waals surface area contributed by atoms with Crippen molar-refractivity contribution in [3.63, 3.8) is 0 Å². The molecule has 3 atom stereocenters. The maximum atomic E-state index is 9.77. The Kier molecular flexibility index (Phi) is 19.3. The number of aliphatic carboxylic acids is 2. The van der Waals surface area contributed by atoms with E-state index in [1.54, 1.807) is 14.0 Å². The van der Waals surface area contributed by atoms with Crippen LogP contribution in [-0.4, -0.2) is 100 Å². The molecule has 0 saturated heterocycles. The summed E-state index contributed by atoms with van der Waals surface area (Å²) in [6, 6.07) is 8.26. The zero-order valence-corrected chi connectivity index (χ0v) is 19.0. The van der Waals surface area contributed by atoms with E-state index in [1.807, 2.05) is 38.1 Å². The Morgan fingerprint density at radius 2 is 1.47 bits per heavy atom. The predicted octanol–water partition coefficient (Wildman–Crippen LogP) is -0.511. The average Bonchev–Trinajstić information content (AvgIpc) is 2.75. The molecule has 0 aromatic heterocycles. The van der Waals surface area contributed by atoms with Gasteiger partial charge in [-0.2, -0.15) is 0 Å². The predicted molar refractivity (Wildman–Crippen MR) is 117 cm³/mol. The highest BCUT2D eigenvalue weighted by Gasteiger charge is 2.29. The molecule has 0 aliphatic carbocycles. The first-order valence-electron chi connectivity index (χ1n) is 10.0. The first-order chi connectivity index (χ1) is 15.0. The largest absolute Gasteiger partial charge is 0.491 e. The number of methoxy groups -OCH3 is 1. The summed E-state index contributed by atoms with van der Waals surface area (Å²) in [7, 11) is 1.70. The minimum absolute atomic E-state index is 0.250. The molecule has 1 aromatic rings. The zero-order chi connectivity index (χ0) is 25.1. The lowest BCUT2D eigenvalue weighted by atomic mass is 10.1. The van der Waals surface area contributed by atoms with Gasteiger partial charge in [0, 0.05) is 26.3 Å². The fraction of sp³-hybridized carbons (Fsp3) is 0.619. The number of rotatable bonds is 12. The van der Waals surface area contributed by atoms with Crippen LogP contribution in [0.1, 0.15) is 26.3 Å². The van der Waals surface area contributed by atoms with E-state index in [-0.39, 0.29) is 6.61 Å². The van der Waals surface area contributed by atoms with E-state index in [4.69, 9.17) is 35.0 Å². The normalized spacial score (nSPS) is 13.0. The van der Waals surface area contributed by atoms with Crippen LogP contribution in [0.15, 0.2) is 24.3 Å².